The van der Waals surface area contributed by atoms with Crippen LogP contribution in [0.4, 0.5) is 0 Å². The molecule has 1 saturated heterocycles. The fraction of sp³-hybridized carbons (Fsp3) is 1.00. The van der Waals surface area contributed by atoms with Crippen molar-refractivity contribution in [1.82, 2.24) is 0 Å². The van der Waals surface area contributed by atoms with Crippen LogP contribution in [-0.2, 0) is 9.47 Å². The molecule has 0 atom stereocenters. The molecule has 0 unspecified atom stereocenters. The second-order valence-corrected chi connectivity index (χ2v) is 5.29. The van der Waals surface area contributed by atoms with Gasteiger partial charge in [0.05, 0.1) is 18.8 Å². The molecule has 0 aromatic carbocycles. The first-order valence-corrected chi connectivity index (χ1v) is 6.68. The van der Waals surface area contributed by atoms with Crippen molar-refractivity contribution in [3.05, 3.63) is 0 Å². The number of hydrogen-bond donors (Lipinski definition) is 1. The van der Waals surface area contributed by atoms with E-state index in [4.69, 9.17) is 9.47 Å². The monoisotopic (exact) mass is 228 g/mol. The maximum absolute atomic E-state index is 10.4. The molecule has 94 valence electrons. The third-order valence-corrected chi connectivity index (χ3v) is 4.00. The summed E-state index contributed by atoms with van der Waals surface area (Å²) in [7, 11) is 0. The van der Waals surface area contributed by atoms with Crippen LogP contribution in [0, 0.1) is 0 Å². The van der Waals surface area contributed by atoms with Crippen LogP contribution >= 0.6 is 0 Å². The highest BCUT2D eigenvalue weighted by Gasteiger charge is 2.45. The Bertz CT molecular complexity index is 211. The fourth-order valence-corrected chi connectivity index (χ4v) is 2.84. The predicted molar refractivity (Wildman–Crippen MR) is 62.2 cm³/mol. The van der Waals surface area contributed by atoms with Crippen LogP contribution in [0.25, 0.3) is 0 Å². The van der Waals surface area contributed by atoms with Crippen LogP contribution in [0.15, 0.2) is 0 Å². The molecule has 1 aliphatic heterocycles. The number of unbranched alkanes of at least 4 members (excludes halogenated alkanes) is 2. The van der Waals surface area contributed by atoms with Gasteiger partial charge in [-0.3, -0.25) is 0 Å². The molecule has 3 nitrogen and oxygen atoms in total. The van der Waals surface area contributed by atoms with E-state index in [1.54, 1.807) is 0 Å². The molecule has 2 rings (SSSR count). The van der Waals surface area contributed by atoms with Gasteiger partial charge in [0.2, 0.25) is 0 Å². The Hall–Kier alpha value is -0.120. The largest absolute Gasteiger partial charge is 0.390 e. The Morgan fingerprint density at radius 1 is 1.00 bits per heavy atom. The SMILES string of the molecule is CCCCCC1(O)CCC2(CC1)OCCO2. The lowest BCUT2D eigenvalue weighted by Crippen LogP contribution is -2.43. The van der Waals surface area contributed by atoms with Crippen molar-refractivity contribution in [2.75, 3.05) is 13.2 Å². The van der Waals surface area contributed by atoms with Crippen molar-refractivity contribution in [3.8, 4) is 0 Å². The third-order valence-electron chi connectivity index (χ3n) is 4.00. The summed E-state index contributed by atoms with van der Waals surface area (Å²) in [4.78, 5) is 0. The average molecular weight is 228 g/mol. The molecule has 1 N–H and O–H groups in total. The summed E-state index contributed by atoms with van der Waals surface area (Å²) >= 11 is 0. The number of hydrogen-bond acceptors (Lipinski definition) is 3. The van der Waals surface area contributed by atoms with Crippen molar-refractivity contribution in [2.45, 2.75) is 69.7 Å². The Balaban J connectivity index is 1.78. The van der Waals surface area contributed by atoms with Crippen molar-refractivity contribution in [2.24, 2.45) is 0 Å². The van der Waals surface area contributed by atoms with E-state index in [1.165, 1.54) is 12.8 Å². The number of rotatable bonds is 4. The second-order valence-electron chi connectivity index (χ2n) is 5.29. The van der Waals surface area contributed by atoms with Gasteiger partial charge in [0, 0.05) is 12.8 Å². The Morgan fingerprint density at radius 3 is 2.19 bits per heavy atom. The molecule has 1 spiro atoms. The number of aliphatic hydroxyl groups is 1. The van der Waals surface area contributed by atoms with E-state index in [0.717, 1.165) is 38.5 Å². The first-order chi connectivity index (χ1) is 7.68. The highest BCUT2D eigenvalue weighted by atomic mass is 16.7. The molecule has 1 aliphatic carbocycles. The van der Waals surface area contributed by atoms with Crippen molar-refractivity contribution < 1.29 is 14.6 Å². The molecule has 2 fully saturated rings. The lowest BCUT2D eigenvalue weighted by atomic mass is 9.78. The minimum Gasteiger partial charge on any atom is -0.390 e. The molecule has 0 amide bonds. The normalized spacial score (nSPS) is 27.4. The van der Waals surface area contributed by atoms with Crippen LogP contribution in [0.5, 0.6) is 0 Å². The van der Waals surface area contributed by atoms with Crippen LogP contribution in [-0.4, -0.2) is 29.7 Å². The van der Waals surface area contributed by atoms with E-state index in [2.05, 4.69) is 6.92 Å². The quantitative estimate of drug-likeness (QED) is 0.752. The van der Waals surface area contributed by atoms with E-state index >= 15 is 0 Å². The molecular formula is C13H24O3. The Kier molecular flexibility index (Phi) is 3.88. The summed E-state index contributed by atoms with van der Waals surface area (Å²) in [5.41, 5.74) is -0.449. The van der Waals surface area contributed by atoms with Crippen LogP contribution in [0.1, 0.15) is 58.3 Å². The molecule has 0 aromatic rings. The summed E-state index contributed by atoms with van der Waals surface area (Å²) in [5, 5.41) is 10.4. The average Bonchev–Trinajstić information content (AvgIpc) is 2.73. The van der Waals surface area contributed by atoms with Gasteiger partial charge in [-0.25, -0.2) is 0 Å². The zero-order chi connectivity index (χ0) is 11.5. The van der Waals surface area contributed by atoms with E-state index in [-0.39, 0.29) is 5.79 Å². The van der Waals surface area contributed by atoms with Crippen LogP contribution in [0.2, 0.25) is 0 Å². The van der Waals surface area contributed by atoms with Crippen molar-refractivity contribution in [1.29, 1.82) is 0 Å². The van der Waals surface area contributed by atoms with Gasteiger partial charge < -0.3 is 14.6 Å². The fourth-order valence-electron chi connectivity index (χ4n) is 2.84. The smallest absolute Gasteiger partial charge is 0.168 e. The van der Waals surface area contributed by atoms with Gasteiger partial charge in [-0.2, -0.15) is 0 Å². The van der Waals surface area contributed by atoms with Gasteiger partial charge in [-0.05, 0) is 19.3 Å². The number of ether oxygens (including phenoxy) is 2. The zero-order valence-electron chi connectivity index (χ0n) is 10.3. The molecule has 16 heavy (non-hydrogen) atoms. The highest BCUT2D eigenvalue weighted by Crippen LogP contribution is 2.42. The van der Waals surface area contributed by atoms with E-state index < -0.39 is 5.60 Å². The molecule has 1 heterocycles. The van der Waals surface area contributed by atoms with Crippen LogP contribution < -0.4 is 0 Å². The Labute approximate surface area is 98.1 Å². The van der Waals surface area contributed by atoms with E-state index in [9.17, 15) is 5.11 Å². The molecule has 0 radical (unpaired) electrons. The molecular weight excluding hydrogens is 204 g/mol. The third kappa shape index (κ3) is 2.76. The standard InChI is InChI=1S/C13H24O3/c1-2-3-4-5-12(14)6-8-13(9-7-12)15-10-11-16-13/h14H,2-11H2,1H3. The van der Waals surface area contributed by atoms with E-state index in [1.807, 2.05) is 0 Å². The van der Waals surface area contributed by atoms with Crippen molar-refractivity contribution in [3.63, 3.8) is 0 Å². The van der Waals surface area contributed by atoms with Gasteiger partial charge >= 0.3 is 0 Å². The van der Waals surface area contributed by atoms with Gasteiger partial charge in [0.15, 0.2) is 5.79 Å². The van der Waals surface area contributed by atoms with Gasteiger partial charge in [0.25, 0.3) is 0 Å². The predicted octanol–water partition coefficient (Wildman–Crippen LogP) is 2.61. The molecule has 1 saturated carbocycles. The van der Waals surface area contributed by atoms with Gasteiger partial charge in [-0.1, -0.05) is 26.2 Å². The minimum absolute atomic E-state index is 0.336. The molecule has 0 aromatic heterocycles. The summed E-state index contributed by atoms with van der Waals surface area (Å²) in [6, 6.07) is 0. The van der Waals surface area contributed by atoms with Crippen LogP contribution in [0.3, 0.4) is 0 Å². The molecule has 3 heteroatoms. The summed E-state index contributed by atoms with van der Waals surface area (Å²) in [6.45, 7) is 3.63. The minimum atomic E-state index is -0.449. The maximum atomic E-state index is 10.4. The summed E-state index contributed by atoms with van der Waals surface area (Å²) < 4.78 is 11.3. The topological polar surface area (TPSA) is 38.7 Å². The molecule has 0 bridgehead atoms. The maximum Gasteiger partial charge on any atom is 0.168 e. The van der Waals surface area contributed by atoms with E-state index in [0.29, 0.717) is 13.2 Å². The van der Waals surface area contributed by atoms with Gasteiger partial charge in [-0.15, -0.1) is 0 Å². The second kappa shape index (κ2) is 5.03. The first kappa shape index (κ1) is 12.3. The summed E-state index contributed by atoms with van der Waals surface area (Å²) in [6.07, 6.45) is 7.89. The lowest BCUT2D eigenvalue weighted by Gasteiger charge is -2.40. The first-order valence-electron chi connectivity index (χ1n) is 6.68. The lowest BCUT2D eigenvalue weighted by molar-refractivity contribution is -0.203. The molecule has 2 aliphatic rings. The van der Waals surface area contributed by atoms with Gasteiger partial charge in [0.1, 0.15) is 0 Å². The highest BCUT2D eigenvalue weighted by molar-refractivity contribution is 4.91. The summed E-state index contributed by atoms with van der Waals surface area (Å²) in [5.74, 6) is -0.336. The zero-order valence-corrected chi connectivity index (χ0v) is 10.3. The Morgan fingerprint density at radius 2 is 1.62 bits per heavy atom. The van der Waals surface area contributed by atoms with Crippen molar-refractivity contribution >= 4 is 0 Å².